The van der Waals surface area contributed by atoms with Gasteiger partial charge in [-0.1, -0.05) is 62.4 Å². The van der Waals surface area contributed by atoms with Crippen LogP contribution in [0.2, 0.25) is 0 Å². The van der Waals surface area contributed by atoms with Gasteiger partial charge in [-0.05, 0) is 84.0 Å². The number of amides is 4. The number of ether oxygens (including phenoxy) is 4. The van der Waals surface area contributed by atoms with E-state index in [9.17, 15) is 19.2 Å². The van der Waals surface area contributed by atoms with Gasteiger partial charge in [-0.15, -0.1) is 0 Å². The molecule has 0 spiro atoms. The molecule has 65 heavy (non-hydrogen) atoms. The van der Waals surface area contributed by atoms with E-state index in [1.54, 1.807) is 48.5 Å². The quantitative estimate of drug-likeness (QED) is 0.0936. The third-order valence-electron chi connectivity index (χ3n) is 13.0. The Morgan fingerprint density at radius 1 is 0.908 bits per heavy atom. The third kappa shape index (κ3) is 8.22. The van der Waals surface area contributed by atoms with Crippen molar-refractivity contribution in [2.75, 3.05) is 34.4 Å². The van der Waals surface area contributed by atoms with Crippen LogP contribution in [0.25, 0.3) is 44.2 Å². The largest absolute Gasteiger partial charge is 0.488 e. The standard InChI is InChI=1S/C49H54N8O8/c1-26(2)41(54-48(60)63-5)47(59)57-27(3)12-17-38(57)45-51-36-16-14-30-20-35-33-15-13-31(19-32(33)25-65-40(35)21-34(30)43(36)53-45)37-22-50-44(52-37)39-18-28(24-62-4)23-56(39)46(58)42(55-49(61)64-6)29-10-8-7-9-11-29/h7-11,13-16,19-22,26-28,38-39,41-42H,12,17-18,23-25H2,1-6H3,(H,50,52)(H,51,53)(H,54,60)(H,55,61)/t27-,28-,38+,39-,41-,42+/m0/s1/i6+1D3. The van der Waals surface area contributed by atoms with E-state index in [2.05, 4.69) is 49.6 Å². The molecule has 9 rings (SSSR count). The van der Waals surface area contributed by atoms with Crippen molar-refractivity contribution in [3.05, 3.63) is 102 Å². The summed E-state index contributed by atoms with van der Waals surface area (Å²) in [4.78, 5) is 73.7. The van der Waals surface area contributed by atoms with Crippen LogP contribution >= 0.6 is 0 Å². The Hall–Kier alpha value is -6.94. The molecule has 2 saturated heterocycles. The molecule has 0 saturated carbocycles. The molecule has 4 aromatic carbocycles. The molecule has 2 aromatic heterocycles. The Labute approximate surface area is 380 Å². The molecule has 4 N–H and O–H groups in total. The minimum atomic E-state index is -2.99. The van der Waals surface area contributed by atoms with Crippen LogP contribution in [0, 0.1) is 11.8 Å². The van der Waals surface area contributed by atoms with Crippen molar-refractivity contribution in [1.82, 2.24) is 40.4 Å². The Balaban J connectivity index is 0.969. The average Bonchev–Trinajstić information content (AvgIpc) is 4.14. The van der Waals surface area contributed by atoms with Gasteiger partial charge in [-0.2, -0.15) is 0 Å². The summed E-state index contributed by atoms with van der Waals surface area (Å²) < 4.78 is 43.5. The summed E-state index contributed by atoms with van der Waals surface area (Å²) in [6.45, 7) is 6.85. The first-order valence-electron chi connectivity index (χ1n) is 23.4. The molecule has 3 aliphatic heterocycles. The van der Waals surface area contributed by atoms with Crippen LogP contribution in [0.5, 0.6) is 5.75 Å². The fourth-order valence-corrected chi connectivity index (χ4v) is 9.80. The van der Waals surface area contributed by atoms with E-state index in [1.807, 2.05) is 43.9 Å². The maximum atomic E-state index is 14.4. The van der Waals surface area contributed by atoms with E-state index in [0.29, 0.717) is 43.4 Å². The normalized spacial score (nSPS) is 20.9. The second-order valence-electron chi connectivity index (χ2n) is 17.5. The van der Waals surface area contributed by atoms with Gasteiger partial charge in [0.15, 0.2) is 0 Å². The summed E-state index contributed by atoms with van der Waals surface area (Å²) in [6, 6.07) is 20.2. The molecule has 2 fully saturated rings. The van der Waals surface area contributed by atoms with Crippen LogP contribution in [-0.4, -0.2) is 100 Å². The molecule has 6 atom stereocenters. The number of nitrogens with one attached hydrogen (secondary N) is 4. The smallest absolute Gasteiger partial charge is 0.407 e. The summed E-state index contributed by atoms with van der Waals surface area (Å²) in [5.41, 5.74) is 6.64. The molecule has 4 amide bonds. The molecule has 3 aliphatic rings. The molecule has 0 radical (unpaired) electrons. The van der Waals surface area contributed by atoms with Crippen molar-refractivity contribution in [1.29, 1.82) is 0 Å². The second-order valence-corrected chi connectivity index (χ2v) is 17.5. The maximum Gasteiger partial charge on any atom is 0.407 e. The van der Waals surface area contributed by atoms with E-state index in [4.69, 9.17) is 28.3 Å². The minimum Gasteiger partial charge on any atom is -0.488 e. The zero-order chi connectivity index (χ0) is 48.0. The van der Waals surface area contributed by atoms with Gasteiger partial charge in [0, 0.05) is 36.6 Å². The Kier molecular flexibility index (Phi) is 10.9. The summed E-state index contributed by atoms with van der Waals surface area (Å²) in [5.74, 6) is 1.17. The molecule has 0 aliphatic carbocycles. The highest BCUT2D eigenvalue weighted by Crippen LogP contribution is 2.44. The number of aromatic nitrogens is 4. The van der Waals surface area contributed by atoms with Gasteiger partial charge in [0.25, 0.3) is 5.91 Å². The molecular weight excluding hydrogens is 830 g/mol. The number of benzene rings is 4. The monoisotopic (exact) mass is 886 g/mol. The number of nitrogens with zero attached hydrogens (tertiary/aromatic N) is 4. The van der Waals surface area contributed by atoms with Crippen molar-refractivity contribution in [3.8, 4) is 28.1 Å². The van der Waals surface area contributed by atoms with Crippen molar-refractivity contribution < 1.29 is 42.2 Å². The number of methoxy groups -OCH3 is 3. The van der Waals surface area contributed by atoms with Gasteiger partial charge in [-0.25, -0.2) is 19.6 Å². The topological polar surface area (TPSA) is 193 Å². The van der Waals surface area contributed by atoms with E-state index in [-0.39, 0.29) is 29.8 Å². The second kappa shape index (κ2) is 17.9. The van der Waals surface area contributed by atoms with Gasteiger partial charge >= 0.3 is 12.2 Å². The first-order chi connectivity index (χ1) is 32.6. The van der Waals surface area contributed by atoms with Gasteiger partial charge in [0.05, 0.1) is 59.9 Å². The lowest BCUT2D eigenvalue weighted by Crippen LogP contribution is -2.52. The van der Waals surface area contributed by atoms with Crippen LogP contribution in [0.3, 0.4) is 0 Å². The first kappa shape index (κ1) is 39.6. The SMILES string of the molecule is [2H][13C]([2H])([2H])OC(=O)N[C@@H](C(=O)N1C[C@@H](COC)C[C@H]1c1ncc(-c2ccc3c(c2)COc2cc4c(ccc5[nH]c([C@H]6CC[C@H](C)N6C(=O)[C@@H](NC(=O)OC)C(C)C)nc54)cc2-3)[nH]1)c1ccccc1. The Morgan fingerprint density at radius 2 is 1.72 bits per heavy atom. The lowest BCUT2D eigenvalue weighted by Gasteiger charge is -2.32. The number of hydrogen-bond acceptors (Lipinski definition) is 10. The highest BCUT2D eigenvalue weighted by atomic mass is 16.6. The fraction of sp³-hybridized carbons (Fsp3) is 0.388. The summed E-state index contributed by atoms with van der Waals surface area (Å²) >= 11 is 0. The lowest BCUT2D eigenvalue weighted by atomic mass is 9.92. The lowest BCUT2D eigenvalue weighted by molar-refractivity contribution is -0.137. The van der Waals surface area contributed by atoms with Gasteiger partial charge in [0.2, 0.25) is 5.91 Å². The van der Waals surface area contributed by atoms with E-state index in [0.717, 1.165) is 68.3 Å². The molecule has 338 valence electrons. The fourth-order valence-electron chi connectivity index (χ4n) is 9.80. The van der Waals surface area contributed by atoms with Crippen LogP contribution in [0.1, 0.15) is 85.0 Å². The zero-order valence-corrected chi connectivity index (χ0v) is 36.8. The molecule has 0 bridgehead atoms. The average molecular weight is 887 g/mol. The summed E-state index contributed by atoms with van der Waals surface area (Å²) in [5, 5.41) is 7.11. The number of alkyl carbamates (subject to hydrolysis) is 2. The van der Waals surface area contributed by atoms with Crippen molar-refractivity contribution in [2.45, 2.75) is 76.8 Å². The predicted octanol–water partition coefficient (Wildman–Crippen LogP) is 7.73. The van der Waals surface area contributed by atoms with E-state index in [1.165, 1.54) is 7.11 Å². The highest BCUT2D eigenvalue weighted by molar-refractivity contribution is 6.07. The number of fused-ring (bicyclic) bond motifs is 6. The van der Waals surface area contributed by atoms with Crippen molar-refractivity contribution in [3.63, 3.8) is 0 Å². The molecule has 16 nitrogen and oxygen atoms in total. The molecule has 6 aromatic rings. The number of rotatable bonds is 11. The third-order valence-corrected chi connectivity index (χ3v) is 13.0. The van der Waals surface area contributed by atoms with Crippen LogP contribution in [0.4, 0.5) is 9.59 Å². The molecular formula is C49H54N8O8. The first-order valence-corrected chi connectivity index (χ1v) is 21.9. The summed E-state index contributed by atoms with van der Waals surface area (Å²) in [7, 11) is -0.105. The van der Waals surface area contributed by atoms with E-state index >= 15 is 0 Å². The van der Waals surface area contributed by atoms with Crippen LogP contribution < -0.4 is 15.4 Å². The number of likely N-dealkylation sites (tertiary alicyclic amines) is 2. The van der Waals surface area contributed by atoms with Crippen LogP contribution in [0.15, 0.2) is 79.0 Å². The Bertz CT molecular complexity index is 2890. The molecule has 16 heteroatoms. The number of imidazole rings is 2. The minimum absolute atomic E-state index is 0.0329. The number of H-pyrrole nitrogens is 2. The Morgan fingerprint density at radius 3 is 2.49 bits per heavy atom. The van der Waals surface area contributed by atoms with Crippen LogP contribution in [-0.2, 0) is 30.4 Å². The summed E-state index contributed by atoms with van der Waals surface area (Å²) in [6.07, 6.45) is 1.91. The number of carbonyl (C=O) groups excluding carboxylic acids is 4. The number of carbonyl (C=O) groups is 4. The molecule has 5 heterocycles. The van der Waals surface area contributed by atoms with Crippen molar-refractivity contribution in [2.24, 2.45) is 11.8 Å². The van der Waals surface area contributed by atoms with Crippen molar-refractivity contribution >= 4 is 45.8 Å². The van der Waals surface area contributed by atoms with Gasteiger partial charge in [-0.3, -0.25) is 9.59 Å². The van der Waals surface area contributed by atoms with Gasteiger partial charge < -0.3 is 49.3 Å². The van der Waals surface area contributed by atoms with Gasteiger partial charge in [0.1, 0.15) is 36.1 Å². The number of hydrogen-bond donors (Lipinski definition) is 4. The predicted molar refractivity (Wildman–Crippen MR) is 243 cm³/mol. The van der Waals surface area contributed by atoms with E-state index < -0.39 is 43.3 Å². The molecule has 0 unspecified atom stereocenters. The maximum absolute atomic E-state index is 14.4. The zero-order valence-electron chi connectivity index (χ0n) is 39.8. The highest BCUT2D eigenvalue weighted by Gasteiger charge is 2.43. The number of aromatic amines is 2.